The van der Waals surface area contributed by atoms with Crippen molar-refractivity contribution >= 4 is 22.7 Å². The van der Waals surface area contributed by atoms with Gasteiger partial charge in [0.1, 0.15) is 5.78 Å². The van der Waals surface area contributed by atoms with E-state index in [0.29, 0.717) is 18.6 Å². The summed E-state index contributed by atoms with van der Waals surface area (Å²) >= 11 is 1.31. The molecule has 0 aromatic carbocycles. The van der Waals surface area contributed by atoms with Gasteiger partial charge in [0, 0.05) is 25.5 Å². The van der Waals surface area contributed by atoms with Crippen molar-refractivity contribution in [3.8, 4) is 0 Å². The Labute approximate surface area is 353 Å². The van der Waals surface area contributed by atoms with Gasteiger partial charge in [-0.05, 0) is 51.4 Å². The van der Waals surface area contributed by atoms with Crippen molar-refractivity contribution in [1.82, 2.24) is 0 Å². The first-order chi connectivity index (χ1) is 13.7. The standard InChI is InChI=1S/C25H38O2S.24CH4/c1-3-4-5-6-7-8-9-10-11-12-13-14-15-16-17-18-19-21-25(27)22-20-23-28-24(2)26;;;;;;;;;;;;;;;;;;;;;;;;/h4-5,7-8,10-11,13-14,16-17H,3,6,9,12,15,18-23H2,1-2H3;24*1H4/b5-4-,8-7-,11-10-,14-13-,17-16+;;;;;;;;;;;;;;;;;;;;;;;;. The highest BCUT2D eigenvalue weighted by atomic mass is 32.2. The number of unbranched alkanes of at least 4 members (excludes halogenated alkanes) is 1. The van der Waals surface area contributed by atoms with Gasteiger partial charge in [0.05, 0.1) is 0 Å². The molecule has 0 spiro atoms. The number of thioether (sulfide) groups is 1. The van der Waals surface area contributed by atoms with Crippen LogP contribution < -0.4 is 0 Å². The minimum absolute atomic E-state index is 0. The first-order valence-electron chi connectivity index (χ1n) is 10.6. The molecule has 0 aliphatic heterocycles. The number of ketones is 1. The quantitative estimate of drug-likeness (QED) is 0.109. The fourth-order valence-corrected chi connectivity index (χ4v) is 2.97. The maximum Gasteiger partial charge on any atom is 0.185 e. The summed E-state index contributed by atoms with van der Waals surface area (Å²) in [6, 6.07) is 0. The Bertz CT molecular complexity index is 542. The number of rotatable bonds is 17. The van der Waals surface area contributed by atoms with Gasteiger partial charge >= 0.3 is 0 Å². The van der Waals surface area contributed by atoms with Crippen molar-refractivity contribution in [3.63, 3.8) is 0 Å². The molecule has 0 rings (SSSR count). The van der Waals surface area contributed by atoms with Gasteiger partial charge in [-0.2, -0.15) is 0 Å². The molecule has 0 atom stereocenters. The summed E-state index contributed by atoms with van der Waals surface area (Å²) in [5.74, 6) is 1.08. The second kappa shape index (κ2) is 166. The lowest BCUT2D eigenvalue weighted by atomic mass is 10.1. The van der Waals surface area contributed by atoms with Crippen molar-refractivity contribution in [2.75, 3.05) is 5.75 Å². The molecule has 0 saturated heterocycles. The van der Waals surface area contributed by atoms with Crippen LogP contribution in [-0.2, 0) is 9.59 Å². The van der Waals surface area contributed by atoms with Crippen molar-refractivity contribution in [2.24, 2.45) is 0 Å². The van der Waals surface area contributed by atoms with Crippen LogP contribution in [-0.4, -0.2) is 16.7 Å². The molecule has 0 N–H and O–H groups in total. The lowest BCUT2D eigenvalue weighted by Gasteiger charge is -1.99. The molecular weight excluding hydrogens is 653 g/mol. The van der Waals surface area contributed by atoms with Crippen LogP contribution in [0, 0.1) is 0 Å². The molecule has 0 heterocycles. The molecule has 0 fully saturated rings. The summed E-state index contributed by atoms with van der Waals surface area (Å²) in [7, 11) is 0. The van der Waals surface area contributed by atoms with Gasteiger partial charge < -0.3 is 0 Å². The van der Waals surface area contributed by atoms with E-state index in [1.807, 2.05) is 0 Å². The fourth-order valence-electron chi connectivity index (χ4n) is 2.40. The van der Waals surface area contributed by atoms with Crippen LogP contribution in [0.25, 0.3) is 0 Å². The lowest BCUT2D eigenvalue weighted by Crippen LogP contribution is -1.98. The predicted molar refractivity (Wildman–Crippen MR) is 287 cm³/mol. The molecule has 0 saturated carbocycles. The summed E-state index contributed by atoms with van der Waals surface area (Å²) in [6.07, 6.45) is 30.9. The number of carbonyl (C=O) groups is 2. The molecule has 0 aliphatic carbocycles. The number of Topliss-reactive ketones (excluding diaryl/α,β-unsaturated/α-hetero) is 1. The zero-order valence-electron chi connectivity index (χ0n) is 17.8. The first kappa shape index (κ1) is 191. The lowest BCUT2D eigenvalue weighted by molar-refractivity contribution is -0.119. The SMILES string of the molecule is C.C.C.C.C.C.C.C.C.C.C.C.C.C.C.C.C.C.C.C.C.C.C.C.CC/C=C\C/C=C\C/C=C\C/C=C\C/C=C/CCCC(=O)CCCSC(C)=O. The van der Waals surface area contributed by atoms with Crippen LogP contribution >= 0.6 is 11.8 Å². The van der Waals surface area contributed by atoms with Crippen molar-refractivity contribution < 1.29 is 9.59 Å². The Balaban J connectivity index is -0.0000000132. The molecule has 0 unspecified atom stereocenters. The summed E-state index contributed by atoms with van der Waals surface area (Å²) in [4.78, 5) is 22.5. The van der Waals surface area contributed by atoms with E-state index < -0.39 is 0 Å². The second-order valence-electron chi connectivity index (χ2n) is 6.58. The third-order valence-corrected chi connectivity index (χ3v) is 4.79. The fraction of sp³-hybridized carbons (Fsp3) is 0.755. The maximum atomic E-state index is 11.7. The predicted octanol–water partition coefficient (Wildman–Crippen LogP) is 22.8. The summed E-state index contributed by atoms with van der Waals surface area (Å²) < 4.78 is 0. The van der Waals surface area contributed by atoms with Crippen LogP contribution in [0.4, 0.5) is 0 Å². The van der Waals surface area contributed by atoms with Gasteiger partial charge in [0.2, 0.25) is 0 Å². The smallest absolute Gasteiger partial charge is 0.185 e. The molecule has 0 radical (unpaired) electrons. The van der Waals surface area contributed by atoms with Gasteiger partial charge in [-0.3, -0.25) is 9.59 Å². The highest BCUT2D eigenvalue weighted by Gasteiger charge is 2.01. The number of hydrogen-bond donors (Lipinski definition) is 0. The molecule has 52 heavy (non-hydrogen) atoms. The van der Waals surface area contributed by atoms with E-state index in [2.05, 4.69) is 67.7 Å². The highest BCUT2D eigenvalue weighted by Crippen LogP contribution is 2.08. The van der Waals surface area contributed by atoms with E-state index in [0.717, 1.165) is 57.1 Å². The number of carbonyl (C=O) groups excluding carboxylic acids is 2. The Kier molecular flexibility index (Phi) is 609. The topological polar surface area (TPSA) is 34.1 Å². The molecule has 0 aromatic heterocycles. The van der Waals surface area contributed by atoms with Crippen molar-refractivity contribution in [3.05, 3.63) is 60.8 Å². The molecule has 2 nitrogen and oxygen atoms in total. The van der Waals surface area contributed by atoms with E-state index >= 15 is 0 Å². The van der Waals surface area contributed by atoms with E-state index in [1.54, 1.807) is 6.92 Å². The largest absolute Gasteiger partial charge is 0.300 e. The van der Waals surface area contributed by atoms with Crippen molar-refractivity contribution in [2.45, 2.75) is 256 Å². The molecule has 0 aliphatic rings. The van der Waals surface area contributed by atoms with E-state index in [1.165, 1.54) is 11.8 Å². The third-order valence-electron chi connectivity index (χ3n) is 3.89. The maximum absolute atomic E-state index is 11.7. The number of allylic oxidation sites excluding steroid dienone is 10. The van der Waals surface area contributed by atoms with Gasteiger partial charge in [0.15, 0.2) is 5.12 Å². The molecule has 0 aromatic rings. The average Bonchev–Trinajstić information content (AvgIpc) is 2.67. The molecular formula is C49H134O2S. The Morgan fingerprint density at radius 3 is 0.904 bits per heavy atom. The highest BCUT2D eigenvalue weighted by molar-refractivity contribution is 8.13. The van der Waals surface area contributed by atoms with E-state index in [4.69, 9.17) is 0 Å². The molecule has 0 amide bonds. The monoisotopic (exact) mass is 787 g/mol. The second-order valence-corrected chi connectivity index (χ2v) is 7.85. The minimum Gasteiger partial charge on any atom is -0.300 e. The van der Waals surface area contributed by atoms with Crippen molar-refractivity contribution in [1.29, 1.82) is 0 Å². The molecule has 0 bridgehead atoms. The summed E-state index contributed by atoms with van der Waals surface area (Å²) in [5.41, 5.74) is 0. The van der Waals surface area contributed by atoms with Gasteiger partial charge in [0.25, 0.3) is 0 Å². The Hall–Kier alpha value is -1.61. The van der Waals surface area contributed by atoms with E-state index in [-0.39, 0.29) is 183 Å². The molecule has 3 heteroatoms. The normalized spacial score (nSPS) is 6.73. The minimum atomic E-state index is 0. The van der Waals surface area contributed by atoms with Crippen LogP contribution in [0.2, 0.25) is 0 Å². The zero-order valence-corrected chi connectivity index (χ0v) is 18.6. The van der Waals surface area contributed by atoms with E-state index in [9.17, 15) is 9.59 Å². The van der Waals surface area contributed by atoms with Gasteiger partial charge in [-0.25, -0.2) is 0 Å². The Morgan fingerprint density at radius 1 is 0.385 bits per heavy atom. The first-order valence-corrected chi connectivity index (χ1v) is 11.6. The zero-order chi connectivity index (χ0) is 20.7. The summed E-state index contributed by atoms with van der Waals surface area (Å²) in [5, 5.41) is 0.130. The van der Waals surface area contributed by atoms with Crippen LogP contribution in [0.15, 0.2) is 60.8 Å². The van der Waals surface area contributed by atoms with Gasteiger partial charge in [-0.1, -0.05) is 258 Å². The Morgan fingerprint density at radius 2 is 0.635 bits per heavy atom. The average molecular weight is 788 g/mol. The van der Waals surface area contributed by atoms with Crippen LogP contribution in [0.3, 0.4) is 0 Å². The van der Waals surface area contributed by atoms with Crippen LogP contribution in [0.1, 0.15) is 256 Å². The number of hydrogen-bond acceptors (Lipinski definition) is 3. The summed E-state index contributed by atoms with van der Waals surface area (Å²) in [6.45, 7) is 3.72. The van der Waals surface area contributed by atoms with Gasteiger partial charge in [-0.15, -0.1) is 0 Å². The molecule has 348 valence electrons. The third kappa shape index (κ3) is 183. The van der Waals surface area contributed by atoms with Crippen LogP contribution in [0.5, 0.6) is 0 Å².